The molecule has 0 saturated carbocycles. The minimum Gasteiger partial charge on any atom is -0.485 e. The van der Waals surface area contributed by atoms with Gasteiger partial charge in [-0.2, -0.15) is 0 Å². The van der Waals surface area contributed by atoms with E-state index >= 15 is 0 Å². The van der Waals surface area contributed by atoms with Crippen LogP contribution in [0.3, 0.4) is 0 Å². The van der Waals surface area contributed by atoms with Crippen LogP contribution in [0.15, 0.2) is 36.4 Å². The number of nitrogens with one attached hydrogen (secondary N) is 1. The van der Waals surface area contributed by atoms with Crippen LogP contribution in [-0.4, -0.2) is 30.5 Å². The van der Waals surface area contributed by atoms with Gasteiger partial charge < -0.3 is 15.8 Å². The van der Waals surface area contributed by atoms with Gasteiger partial charge in [-0.3, -0.25) is 14.9 Å². The topological polar surface area (TPSA) is 107 Å². The Bertz CT molecular complexity index is 852. The smallest absolute Gasteiger partial charge is 0.311 e. The minimum absolute atomic E-state index is 0.0924. The molecule has 7 heteroatoms. The molecule has 0 aliphatic heterocycles. The number of rotatable bonds is 11. The summed E-state index contributed by atoms with van der Waals surface area (Å²) < 4.78 is 5.28. The number of carbonyl (C=O) groups is 1. The summed E-state index contributed by atoms with van der Waals surface area (Å²) >= 11 is 0. The first-order valence-electron chi connectivity index (χ1n) is 9.83. The number of unbranched alkanes of at least 4 members (excludes halogenated alkanes) is 1. The summed E-state index contributed by atoms with van der Waals surface area (Å²) in [5.74, 6) is 0.0112. The molecule has 0 aromatic heterocycles. The Morgan fingerprint density at radius 3 is 2.55 bits per heavy atom. The van der Waals surface area contributed by atoms with E-state index in [0.29, 0.717) is 12.1 Å². The number of aryl methyl sites for hydroxylation is 3. The summed E-state index contributed by atoms with van der Waals surface area (Å²) in [6.45, 7) is 5.27. The first kappa shape index (κ1) is 22.4. The van der Waals surface area contributed by atoms with E-state index in [1.165, 1.54) is 28.8 Å². The summed E-state index contributed by atoms with van der Waals surface area (Å²) in [5, 5.41) is 14.1. The highest BCUT2D eigenvalue weighted by atomic mass is 16.6. The first-order chi connectivity index (χ1) is 13.9. The van der Waals surface area contributed by atoms with Crippen molar-refractivity contribution in [1.29, 1.82) is 0 Å². The number of nitro benzene ring substituents is 1. The van der Waals surface area contributed by atoms with Crippen molar-refractivity contribution in [2.45, 2.75) is 39.5 Å². The average molecular weight is 399 g/mol. The normalized spacial score (nSPS) is 10.6. The Labute approximate surface area is 171 Å². The van der Waals surface area contributed by atoms with Crippen LogP contribution in [0.5, 0.6) is 5.75 Å². The molecule has 0 aliphatic carbocycles. The van der Waals surface area contributed by atoms with Gasteiger partial charge in [-0.1, -0.05) is 24.3 Å². The van der Waals surface area contributed by atoms with E-state index in [0.717, 1.165) is 19.3 Å². The van der Waals surface area contributed by atoms with Gasteiger partial charge in [0.2, 0.25) is 5.91 Å². The summed E-state index contributed by atoms with van der Waals surface area (Å²) in [4.78, 5) is 22.8. The van der Waals surface area contributed by atoms with Crippen molar-refractivity contribution in [2.24, 2.45) is 5.73 Å². The fourth-order valence-corrected chi connectivity index (χ4v) is 3.00. The zero-order valence-electron chi connectivity index (χ0n) is 17.1. The standard InChI is InChI=1S/C22H29N3O4/c1-16-6-7-18(13-17(16)2)5-3-4-11-24-22(26)15-19-8-9-21(29-12-10-23)20(14-19)25(27)28/h6-9,13-14H,3-5,10-12,15,23H2,1-2H3,(H,24,26). The Morgan fingerprint density at radius 1 is 1.10 bits per heavy atom. The van der Waals surface area contributed by atoms with E-state index in [4.69, 9.17) is 10.5 Å². The van der Waals surface area contributed by atoms with E-state index < -0.39 is 4.92 Å². The molecular formula is C22H29N3O4. The number of amides is 1. The Balaban J connectivity index is 1.77. The third-order valence-electron chi connectivity index (χ3n) is 4.75. The predicted octanol–water partition coefficient (Wildman–Crippen LogP) is 3.23. The highest BCUT2D eigenvalue weighted by Crippen LogP contribution is 2.28. The lowest BCUT2D eigenvalue weighted by Gasteiger charge is -2.09. The molecule has 1 amide bonds. The van der Waals surface area contributed by atoms with Crippen LogP contribution in [0.4, 0.5) is 5.69 Å². The molecule has 2 aromatic rings. The van der Waals surface area contributed by atoms with Crippen LogP contribution >= 0.6 is 0 Å². The van der Waals surface area contributed by atoms with E-state index in [2.05, 4.69) is 37.4 Å². The second-order valence-corrected chi connectivity index (χ2v) is 7.10. The molecule has 0 unspecified atom stereocenters. The minimum atomic E-state index is -0.514. The van der Waals surface area contributed by atoms with Crippen molar-refractivity contribution in [1.82, 2.24) is 5.32 Å². The highest BCUT2D eigenvalue weighted by Gasteiger charge is 2.17. The van der Waals surface area contributed by atoms with Crippen molar-refractivity contribution in [3.63, 3.8) is 0 Å². The fraction of sp³-hybridized carbons (Fsp3) is 0.409. The lowest BCUT2D eigenvalue weighted by molar-refractivity contribution is -0.385. The van der Waals surface area contributed by atoms with Gasteiger partial charge in [0, 0.05) is 19.2 Å². The summed E-state index contributed by atoms with van der Waals surface area (Å²) in [5.41, 5.74) is 9.68. The van der Waals surface area contributed by atoms with Gasteiger partial charge in [0.15, 0.2) is 5.75 Å². The number of nitro groups is 1. The molecule has 0 saturated heterocycles. The summed E-state index contributed by atoms with van der Waals surface area (Å²) in [6.07, 6.45) is 2.94. The van der Waals surface area contributed by atoms with Gasteiger partial charge in [0.25, 0.3) is 0 Å². The maximum absolute atomic E-state index is 12.1. The second-order valence-electron chi connectivity index (χ2n) is 7.10. The quantitative estimate of drug-likeness (QED) is 0.343. The molecule has 0 atom stereocenters. The number of hydrogen-bond donors (Lipinski definition) is 2. The van der Waals surface area contributed by atoms with Crippen LogP contribution in [0.25, 0.3) is 0 Å². The van der Waals surface area contributed by atoms with Crippen LogP contribution in [0.2, 0.25) is 0 Å². The third kappa shape index (κ3) is 7.19. The summed E-state index contributed by atoms with van der Waals surface area (Å²) in [7, 11) is 0. The van der Waals surface area contributed by atoms with Gasteiger partial charge in [-0.25, -0.2) is 0 Å². The molecule has 2 aromatic carbocycles. The number of benzene rings is 2. The molecule has 3 N–H and O–H groups in total. The Kier molecular flexibility index (Phi) is 8.61. The molecule has 0 heterocycles. The molecule has 0 spiro atoms. The molecule has 0 fully saturated rings. The predicted molar refractivity (Wildman–Crippen MR) is 113 cm³/mol. The molecule has 7 nitrogen and oxygen atoms in total. The lowest BCUT2D eigenvalue weighted by Crippen LogP contribution is -2.26. The van der Waals surface area contributed by atoms with Crippen molar-refractivity contribution in [3.05, 3.63) is 68.8 Å². The van der Waals surface area contributed by atoms with Gasteiger partial charge >= 0.3 is 5.69 Å². The van der Waals surface area contributed by atoms with E-state index in [-0.39, 0.29) is 36.9 Å². The fourth-order valence-electron chi connectivity index (χ4n) is 3.00. The van der Waals surface area contributed by atoms with Crippen LogP contribution in [-0.2, 0) is 17.6 Å². The van der Waals surface area contributed by atoms with Crippen molar-refractivity contribution < 1.29 is 14.5 Å². The molecule has 0 bridgehead atoms. The van der Waals surface area contributed by atoms with Gasteiger partial charge in [0.1, 0.15) is 6.61 Å². The highest BCUT2D eigenvalue weighted by molar-refractivity contribution is 5.78. The Hall–Kier alpha value is -2.93. The zero-order chi connectivity index (χ0) is 21.2. The molecule has 29 heavy (non-hydrogen) atoms. The largest absolute Gasteiger partial charge is 0.485 e. The number of ether oxygens (including phenoxy) is 1. The maximum Gasteiger partial charge on any atom is 0.311 e. The monoisotopic (exact) mass is 399 g/mol. The maximum atomic E-state index is 12.1. The average Bonchev–Trinajstić information content (AvgIpc) is 2.69. The van der Waals surface area contributed by atoms with E-state index in [1.54, 1.807) is 6.07 Å². The molecule has 0 aliphatic rings. The van der Waals surface area contributed by atoms with E-state index in [1.807, 2.05) is 0 Å². The van der Waals surface area contributed by atoms with Crippen molar-refractivity contribution >= 4 is 11.6 Å². The van der Waals surface area contributed by atoms with Crippen LogP contribution in [0.1, 0.15) is 35.1 Å². The zero-order valence-corrected chi connectivity index (χ0v) is 17.1. The van der Waals surface area contributed by atoms with Crippen molar-refractivity contribution in [2.75, 3.05) is 19.7 Å². The number of nitrogens with zero attached hydrogens (tertiary/aromatic N) is 1. The number of carbonyl (C=O) groups excluding carboxylic acids is 1. The first-order valence-corrected chi connectivity index (χ1v) is 9.83. The Morgan fingerprint density at radius 2 is 1.86 bits per heavy atom. The van der Waals surface area contributed by atoms with Crippen LogP contribution < -0.4 is 15.8 Å². The van der Waals surface area contributed by atoms with Gasteiger partial charge in [-0.05, 0) is 61.4 Å². The van der Waals surface area contributed by atoms with Gasteiger partial charge in [0.05, 0.1) is 11.3 Å². The number of hydrogen-bond acceptors (Lipinski definition) is 5. The number of nitrogens with two attached hydrogens (primary N) is 1. The van der Waals surface area contributed by atoms with Crippen molar-refractivity contribution in [3.8, 4) is 5.75 Å². The SMILES string of the molecule is Cc1ccc(CCCCNC(=O)Cc2ccc(OCCN)c([N+](=O)[O-])c2)cc1C. The molecule has 156 valence electrons. The molecule has 2 rings (SSSR count). The lowest BCUT2D eigenvalue weighted by atomic mass is 10.0. The third-order valence-corrected chi connectivity index (χ3v) is 4.75. The molecular weight excluding hydrogens is 370 g/mol. The van der Waals surface area contributed by atoms with Crippen LogP contribution in [0, 0.1) is 24.0 Å². The van der Waals surface area contributed by atoms with E-state index in [9.17, 15) is 14.9 Å². The molecule has 0 radical (unpaired) electrons. The summed E-state index contributed by atoms with van der Waals surface area (Å²) in [6, 6.07) is 11.1. The second kappa shape index (κ2) is 11.2. The van der Waals surface area contributed by atoms with Gasteiger partial charge in [-0.15, -0.1) is 0 Å².